The Bertz CT molecular complexity index is 2000. The molecule has 0 N–H and O–H groups in total. The van der Waals surface area contributed by atoms with Gasteiger partial charge in [-0.05, 0) is 98.3 Å². The van der Waals surface area contributed by atoms with Gasteiger partial charge in [0, 0.05) is 0 Å². The summed E-state index contributed by atoms with van der Waals surface area (Å²) in [6, 6.07) is 35.9. The van der Waals surface area contributed by atoms with E-state index < -0.39 is 0 Å². The van der Waals surface area contributed by atoms with E-state index in [9.17, 15) is 0 Å². The second-order valence-corrected chi connectivity index (χ2v) is 9.30. The van der Waals surface area contributed by atoms with Gasteiger partial charge in [0.2, 0.25) is 0 Å². The second kappa shape index (κ2) is 5.00. The van der Waals surface area contributed by atoms with Gasteiger partial charge in [0.1, 0.15) is 0 Å². The van der Waals surface area contributed by atoms with E-state index in [4.69, 9.17) is 0 Å². The van der Waals surface area contributed by atoms with Crippen molar-refractivity contribution in [1.29, 1.82) is 0 Å². The fraction of sp³-hybridized carbons (Fsp3) is 0. The van der Waals surface area contributed by atoms with Crippen LogP contribution in [0.1, 0.15) is 0 Å². The molecule has 0 spiro atoms. The first-order chi connectivity index (χ1) is 15.9. The van der Waals surface area contributed by atoms with Gasteiger partial charge >= 0.3 is 0 Å². The van der Waals surface area contributed by atoms with E-state index in [2.05, 4.69) is 97.1 Å². The SMILES string of the molecule is c1cc2ccc3c4ccc5cc4c(c1)c2c53.c1cc2ccc3c4ccc5cc4c(c1)c2c53. The quantitative estimate of drug-likeness (QED) is 0.223. The third-order valence-electron chi connectivity index (χ3n) is 7.87. The van der Waals surface area contributed by atoms with Crippen molar-refractivity contribution in [1.82, 2.24) is 0 Å². The molecule has 0 saturated heterocycles. The maximum Gasteiger partial charge on any atom is -0.00201 e. The van der Waals surface area contributed by atoms with Gasteiger partial charge in [-0.25, -0.2) is 0 Å². The fourth-order valence-corrected chi connectivity index (χ4v) is 6.57. The van der Waals surface area contributed by atoms with Crippen LogP contribution in [-0.4, -0.2) is 0 Å². The normalized spacial score (nSPS) is 13.0. The van der Waals surface area contributed by atoms with Crippen molar-refractivity contribution in [3.05, 3.63) is 97.1 Å². The highest BCUT2D eigenvalue weighted by atomic mass is 14.2. The van der Waals surface area contributed by atoms with E-state index in [0.717, 1.165) is 0 Å². The monoisotopic (exact) mass is 400 g/mol. The first-order valence-electron chi connectivity index (χ1n) is 11.3. The molecule has 0 aliphatic carbocycles. The zero-order chi connectivity index (χ0) is 20.6. The minimum Gasteiger partial charge on any atom is -0.0610 e. The van der Waals surface area contributed by atoms with Crippen molar-refractivity contribution in [3.63, 3.8) is 0 Å². The van der Waals surface area contributed by atoms with Crippen LogP contribution in [0.2, 0.25) is 0 Å². The van der Waals surface area contributed by atoms with Gasteiger partial charge in [-0.15, -0.1) is 0 Å². The molecule has 0 heteroatoms. The molecule has 0 atom stereocenters. The summed E-state index contributed by atoms with van der Waals surface area (Å²) in [6.45, 7) is 0. The lowest BCUT2D eigenvalue weighted by atomic mass is 9.85. The van der Waals surface area contributed by atoms with Crippen LogP contribution in [0, 0.1) is 0 Å². The number of fused-ring (bicyclic) bond motifs is 2. The Hall–Kier alpha value is -4.16. The molecule has 14 rings (SSSR count). The average molecular weight is 400 g/mol. The summed E-state index contributed by atoms with van der Waals surface area (Å²) < 4.78 is 0. The first kappa shape index (κ1) is 15.6. The topological polar surface area (TPSA) is 0 Å². The smallest absolute Gasteiger partial charge is 0.00201 e. The van der Waals surface area contributed by atoms with Crippen LogP contribution in [0.4, 0.5) is 0 Å². The lowest BCUT2D eigenvalue weighted by Crippen LogP contribution is -1.90. The minimum atomic E-state index is 1.37. The standard InChI is InChI=1S/2C16H8/c2*1-2-9-4-7-13-11-6-5-10-8-14(11)12(3-1)15(9)16(10)13/h2*1-8H. The maximum atomic E-state index is 2.33. The van der Waals surface area contributed by atoms with Crippen molar-refractivity contribution >= 4 is 86.2 Å². The Labute approximate surface area is 183 Å². The van der Waals surface area contributed by atoms with E-state index in [1.165, 1.54) is 86.2 Å². The molecule has 14 aromatic carbocycles. The molecule has 0 nitrogen and oxygen atoms in total. The maximum absolute atomic E-state index is 2.33. The molecule has 0 aliphatic rings. The highest BCUT2D eigenvalue weighted by molar-refractivity contribution is 6.38. The average Bonchev–Trinajstić information content (AvgIpc) is 2.88. The largest absolute Gasteiger partial charge is 0.0610 e. The third kappa shape index (κ3) is 1.60. The Kier molecular flexibility index (Phi) is 2.44. The van der Waals surface area contributed by atoms with Gasteiger partial charge in [0.15, 0.2) is 0 Å². The van der Waals surface area contributed by atoms with Crippen molar-refractivity contribution in [2.75, 3.05) is 0 Å². The Morgan fingerprint density at radius 1 is 0.250 bits per heavy atom. The molecule has 0 heterocycles. The first-order valence-corrected chi connectivity index (χ1v) is 11.3. The van der Waals surface area contributed by atoms with Crippen molar-refractivity contribution in [3.8, 4) is 0 Å². The van der Waals surface area contributed by atoms with Gasteiger partial charge in [-0.2, -0.15) is 0 Å². The van der Waals surface area contributed by atoms with E-state index >= 15 is 0 Å². The van der Waals surface area contributed by atoms with Crippen LogP contribution < -0.4 is 0 Å². The molecular weight excluding hydrogens is 384 g/mol. The van der Waals surface area contributed by atoms with Crippen LogP contribution in [0.5, 0.6) is 0 Å². The van der Waals surface area contributed by atoms with Gasteiger partial charge in [-0.1, -0.05) is 84.9 Å². The second-order valence-electron chi connectivity index (χ2n) is 9.30. The third-order valence-corrected chi connectivity index (χ3v) is 7.87. The van der Waals surface area contributed by atoms with E-state index in [-0.39, 0.29) is 0 Å². The molecule has 0 amide bonds. The van der Waals surface area contributed by atoms with E-state index in [1.807, 2.05) is 0 Å². The van der Waals surface area contributed by atoms with E-state index in [0.29, 0.717) is 0 Å². The molecule has 0 fully saturated rings. The van der Waals surface area contributed by atoms with Crippen LogP contribution in [0.3, 0.4) is 0 Å². The van der Waals surface area contributed by atoms with E-state index in [1.54, 1.807) is 0 Å². The predicted octanol–water partition coefficient (Wildman–Crippen LogP) is 9.23. The molecule has 0 aromatic heterocycles. The summed E-state index contributed by atoms with van der Waals surface area (Å²) in [5.41, 5.74) is 0. The Morgan fingerprint density at radius 3 is 1.12 bits per heavy atom. The number of hydrogen-bond acceptors (Lipinski definition) is 0. The van der Waals surface area contributed by atoms with Gasteiger partial charge < -0.3 is 0 Å². The number of benzene rings is 14. The Morgan fingerprint density at radius 2 is 0.625 bits per heavy atom. The highest BCUT2D eigenvalue weighted by Gasteiger charge is 2.17. The molecule has 32 heavy (non-hydrogen) atoms. The predicted molar refractivity (Wildman–Crippen MR) is 140 cm³/mol. The lowest BCUT2D eigenvalue weighted by molar-refractivity contribution is 1.80. The minimum absolute atomic E-state index is 1.37. The summed E-state index contributed by atoms with van der Waals surface area (Å²) in [4.78, 5) is 0. The van der Waals surface area contributed by atoms with Crippen LogP contribution in [-0.2, 0) is 0 Å². The molecule has 0 unspecified atom stereocenters. The lowest BCUT2D eigenvalue weighted by Gasteiger charge is -2.18. The van der Waals surface area contributed by atoms with Crippen molar-refractivity contribution in [2.24, 2.45) is 0 Å². The molecule has 0 saturated carbocycles. The highest BCUT2D eigenvalue weighted by Crippen LogP contribution is 2.46. The summed E-state index contributed by atoms with van der Waals surface area (Å²) in [5, 5.41) is 22.7. The summed E-state index contributed by atoms with van der Waals surface area (Å²) >= 11 is 0. The summed E-state index contributed by atoms with van der Waals surface area (Å²) in [7, 11) is 0. The zero-order valence-corrected chi connectivity index (χ0v) is 17.2. The van der Waals surface area contributed by atoms with Crippen LogP contribution >= 0.6 is 0 Å². The molecule has 0 radical (unpaired) electrons. The summed E-state index contributed by atoms with van der Waals surface area (Å²) in [5.74, 6) is 0. The van der Waals surface area contributed by atoms with Crippen LogP contribution in [0.25, 0.3) is 86.2 Å². The van der Waals surface area contributed by atoms with Gasteiger partial charge in [-0.3, -0.25) is 0 Å². The van der Waals surface area contributed by atoms with Gasteiger partial charge in [0.25, 0.3) is 0 Å². The van der Waals surface area contributed by atoms with Gasteiger partial charge in [0.05, 0.1) is 0 Å². The molecule has 12 bridgehead atoms. The summed E-state index contributed by atoms with van der Waals surface area (Å²) in [6.07, 6.45) is 0. The number of rotatable bonds is 0. The Balaban J connectivity index is 0.0000001000. The van der Waals surface area contributed by atoms with Crippen molar-refractivity contribution in [2.45, 2.75) is 0 Å². The molecule has 0 aliphatic heterocycles. The van der Waals surface area contributed by atoms with Crippen molar-refractivity contribution < 1.29 is 0 Å². The number of hydrogen-bond donors (Lipinski definition) is 0. The molecule has 144 valence electrons. The molecule has 14 aromatic rings. The zero-order valence-electron chi connectivity index (χ0n) is 17.2. The van der Waals surface area contributed by atoms with Crippen LogP contribution in [0.15, 0.2) is 97.1 Å². The molecular formula is C32H16. The fourth-order valence-electron chi connectivity index (χ4n) is 6.57.